The Bertz CT molecular complexity index is 1300. The number of thioether (sulfide) groups is 1. The quantitative estimate of drug-likeness (QED) is 0.310. The lowest BCUT2D eigenvalue weighted by Crippen LogP contribution is -2.04. The first-order valence-electron chi connectivity index (χ1n) is 9.91. The van der Waals surface area contributed by atoms with Gasteiger partial charge in [-0.15, -0.1) is 10.2 Å². The molecule has 0 bridgehead atoms. The number of nitrogens with zero attached hydrogens (tertiary/aromatic N) is 5. The van der Waals surface area contributed by atoms with Crippen LogP contribution in [-0.4, -0.2) is 32.0 Å². The Morgan fingerprint density at radius 2 is 1.81 bits per heavy atom. The summed E-state index contributed by atoms with van der Waals surface area (Å²) >= 11 is 1.48. The van der Waals surface area contributed by atoms with Gasteiger partial charge in [-0.3, -0.25) is 4.57 Å². The van der Waals surface area contributed by atoms with Gasteiger partial charge in [0.2, 0.25) is 17.5 Å². The smallest absolute Gasteiger partial charge is 0.237 e. The fraction of sp³-hybridized carbons (Fsp3) is 0.130. The van der Waals surface area contributed by atoms with E-state index in [1.165, 1.54) is 11.8 Å². The molecule has 0 radical (unpaired) electrons. The number of hydrogen-bond acceptors (Lipinski definition) is 8. The number of ether oxygens (including phenoxy) is 1. The van der Waals surface area contributed by atoms with Crippen LogP contribution in [0.5, 0.6) is 5.75 Å². The van der Waals surface area contributed by atoms with Gasteiger partial charge in [0.15, 0.2) is 10.9 Å². The first-order chi connectivity index (χ1) is 15.8. The molecule has 8 nitrogen and oxygen atoms in total. The van der Waals surface area contributed by atoms with E-state index in [1.807, 2.05) is 59.2 Å². The first-order valence-corrected chi connectivity index (χ1v) is 10.9. The highest BCUT2D eigenvalue weighted by atomic mass is 32.2. The highest BCUT2D eigenvalue weighted by Crippen LogP contribution is 2.30. The second-order valence-corrected chi connectivity index (χ2v) is 7.80. The monoisotopic (exact) mass is 445 g/mol. The molecule has 5 rings (SSSR count). The zero-order valence-electron chi connectivity index (χ0n) is 17.2. The van der Waals surface area contributed by atoms with Gasteiger partial charge in [-0.05, 0) is 29.8 Å². The fourth-order valence-electron chi connectivity index (χ4n) is 3.27. The molecular formula is C23H19N5O3S. The number of para-hydroxylation sites is 1. The second kappa shape index (κ2) is 9.11. The molecule has 0 aliphatic heterocycles. The molecule has 0 saturated heterocycles. The minimum absolute atomic E-state index is 0.452. The van der Waals surface area contributed by atoms with Crippen molar-refractivity contribution in [3.63, 3.8) is 0 Å². The number of methoxy groups -OCH3 is 1. The number of rotatable bonds is 8. The summed E-state index contributed by atoms with van der Waals surface area (Å²) in [5, 5.41) is 13.6. The third-order valence-corrected chi connectivity index (χ3v) is 5.73. The van der Waals surface area contributed by atoms with E-state index >= 15 is 0 Å². The summed E-state index contributed by atoms with van der Waals surface area (Å²) in [6, 6.07) is 21.4. The summed E-state index contributed by atoms with van der Waals surface area (Å²) in [6.07, 6.45) is 1.63. The van der Waals surface area contributed by atoms with Crippen molar-refractivity contribution < 1.29 is 13.7 Å². The topological polar surface area (TPSA) is 92.0 Å². The van der Waals surface area contributed by atoms with E-state index in [4.69, 9.17) is 13.7 Å². The van der Waals surface area contributed by atoms with Crippen molar-refractivity contribution in [2.24, 2.45) is 0 Å². The number of hydrogen-bond donors (Lipinski definition) is 0. The second-order valence-electron chi connectivity index (χ2n) is 6.86. The van der Waals surface area contributed by atoms with Gasteiger partial charge in [0.1, 0.15) is 5.75 Å². The molecule has 3 heterocycles. The molecule has 0 amide bonds. The van der Waals surface area contributed by atoms with E-state index in [1.54, 1.807) is 13.4 Å². The molecule has 3 aromatic heterocycles. The maximum absolute atomic E-state index is 5.56. The standard InChI is InChI=1S/C23H19N5O3S/c1-29-18-11-6-5-10-17(18)21-24-20(31-27-21)15-32-23-26-25-22(19-12-7-13-30-19)28(23)14-16-8-3-2-4-9-16/h2-13H,14-15H2,1H3. The summed E-state index contributed by atoms with van der Waals surface area (Å²) < 4.78 is 18.4. The molecule has 0 unspecified atom stereocenters. The SMILES string of the molecule is COc1ccccc1-c1noc(CSc2nnc(-c3ccco3)n2Cc2ccccc2)n1. The Balaban J connectivity index is 1.38. The van der Waals surface area contributed by atoms with Crippen LogP contribution < -0.4 is 4.74 Å². The van der Waals surface area contributed by atoms with Crippen molar-refractivity contribution in [1.82, 2.24) is 24.9 Å². The molecule has 0 fully saturated rings. The lowest BCUT2D eigenvalue weighted by molar-refractivity contribution is 0.390. The van der Waals surface area contributed by atoms with Crippen LogP contribution in [0.3, 0.4) is 0 Å². The van der Waals surface area contributed by atoms with Gasteiger partial charge in [0.05, 0.1) is 31.2 Å². The molecule has 0 saturated carbocycles. The Hall–Kier alpha value is -3.85. The lowest BCUT2D eigenvalue weighted by Gasteiger charge is -2.08. The zero-order valence-corrected chi connectivity index (χ0v) is 18.0. The third kappa shape index (κ3) is 4.15. The molecule has 0 aliphatic carbocycles. The predicted octanol–water partition coefficient (Wildman–Crippen LogP) is 4.94. The van der Waals surface area contributed by atoms with E-state index in [0.717, 1.165) is 16.3 Å². The number of benzene rings is 2. The van der Waals surface area contributed by atoms with Gasteiger partial charge < -0.3 is 13.7 Å². The maximum Gasteiger partial charge on any atom is 0.237 e. The highest BCUT2D eigenvalue weighted by Gasteiger charge is 2.19. The van der Waals surface area contributed by atoms with Crippen molar-refractivity contribution >= 4 is 11.8 Å². The maximum atomic E-state index is 5.56. The molecule has 0 aliphatic rings. The fourth-order valence-corrected chi connectivity index (χ4v) is 4.05. The van der Waals surface area contributed by atoms with Crippen LogP contribution in [0.25, 0.3) is 23.0 Å². The van der Waals surface area contributed by atoms with Crippen LogP contribution in [-0.2, 0) is 12.3 Å². The Kier molecular flexibility index (Phi) is 5.71. The minimum atomic E-state index is 0.452. The molecule has 2 aromatic carbocycles. The van der Waals surface area contributed by atoms with E-state index in [9.17, 15) is 0 Å². The largest absolute Gasteiger partial charge is 0.496 e. The molecule has 0 N–H and O–H groups in total. The molecule has 0 atom stereocenters. The van der Waals surface area contributed by atoms with Crippen molar-refractivity contribution in [3.8, 4) is 28.7 Å². The van der Waals surface area contributed by atoms with Crippen LogP contribution in [0.15, 0.2) is 87.1 Å². The Labute approximate surface area is 188 Å². The molecule has 0 spiro atoms. The first kappa shape index (κ1) is 20.1. The van der Waals surface area contributed by atoms with Gasteiger partial charge in [-0.25, -0.2) is 0 Å². The summed E-state index contributed by atoms with van der Waals surface area (Å²) in [7, 11) is 1.62. The number of aromatic nitrogens is 5. The van der Waals surface area contributed by atoms with Gasteiger partial charge in [0.25, 0.3) is 0 Å². The van der Waals surface area contributed by atoms with E-state index < -0.39 is 0 Å². The van der Waals surface area contributed by atoms with Crippen molar-refractivity contribution in [2.75, 3.05) is 7.11 Å². The average Bonchev–Trinajstić information content (AvgIpc) is 3.60. The minimum Gasteiger partial charge on any atom is -0.496 e. The Morgan fingerprint density at radius 1 is 0.969 bits per heavy atom. The molecule has 32 heavy (non-hydrogen) atoms. The van der Waals surface area contributed by atoms with E-state index in [-0.39, 0.29) is 0 Å². The molecular weight excluding hydrogens is 426 g/mol. The van der Waals surface area contributed by atoms with E-state index in [0.29, 0.717) is 41.3 Å². The summed E-state index contributed by atoms with van der Waals surface area (Å²) in [5.74, 6) is 3.45. The van der Waals surface area contributed by atoms with Gasteiger partial charge >= 0.3 is 0 Å². The Morgan fingerprint density at radius 3 is 2.62 bits per heavy atom. The average molecular weight is 446 g/mol. The lowest BCUT2D eigenvalue weighted by atomic mass is 10.2. The van der Waals surface area contributed by atoms with E-state index in [2.05, 4.69) is 32.5 Å². The van der Waals surface area contributed by atoms with Crippen LogP contribution in [0, 0.1) is 0 Å². The van der Waals surface area contributed by atoms with Crippen molar-refractivity contribution in [2.45, 2.75) is 17.5 Å². The molecule has 9 heteroatoms. The van der Waals surface area contributed by atoms with Crippen LogP contribution >= 0.6 is 11.8 Å². The van der Waals surface area contributed by atoms with Crippen LogP contribution in [0.1, 0.15) is 11.5 Å². The third-order valence-electron chi connectivity index (χ3n) is 4.78. The molecule has 5 aromatic rings. The highest BCUT2D eigenvalue weighted by molar-refractivity contribution is 7.98. The summed E-state index contributed by atoms with van der Waals surface area (Å²) in [5.41, 5.74) is 1.92. The number of furan rings is 1. The van der Waals surface area contributed by atoms with Gasteiger partial charge in [-0.1, -0.05) is 59.4 Å². The van der Waals surface area contributed by atoms with Gasteiger partial charge in [0, 0.05) is 0 Å². The summed E-state index contributed by atoms with van der Waals surface area (Å²) in [4.78, 5) is 4.52. The normalized spacial score (nSPS) is 11.0. The van der Waals surface area contributed by atoms with Crippen LogP contribution in [0.2, 0.25) is 0 Å². The van der Waals surface area contributed by atoms with Crippen molar-refractivity contribution in [1.29, 1.82) is 0 Å². The predicted molar refractivity (Wildman–Crippen MR) is 119 cm³/mol. The molecule has 160 valence electrons. The van der Waals surface area contributed by atoms with Gasteiger partial charge in [-0.2, -0.15) is 4.98 Å². The van der Waals surface area contributed by atoms with Crippen molar-refractivity contribution in [3.05, 3.63) is 84.4 Å². The van der Waals surface area contributed by atoms with Crippen LogP contribution in [0.4, 0.5) is 0 Å². The summed E-state index contributed by atoms with van der Waals surface area (Å²) in [6.45, 7) is 0.614. The zero-order chi connectivity index (χ0) is 21.8.